The maximum Gasteiger partial charge on any atom is 0.103 e. The van der Waals surface area contributed by atoms with Crippen molar-refractivity contribution in [3.8, 4) is 0 Å². The van der Waals surface area contributed by atoms with Crippen LogP contribution in [0.25, 0.3) is 0 Å². The molecule has 0 aliphatic heterocycles. The highest BCUT2D eigenvalue weighted by Crippen LogP contribution is 2.31. The van der Waals surface area contributed by atoms with Gasteiger partial charge in [-0.25, -0.2) is 0 Å². The number of hydrogen-bond donors (Lipinski definition) is 1. The van der Waals surface area contributed by atoms with Crippen LogP contribution in [0.15, 0.2) is 4.99 Å². The highest BCUT2D eigenvalue weighted by atomic mass is 28.3. The zero-order valence-corrected chi connectivity index (χ0v) is 12.5. The van der Waals surface area contributed by atoms with Crippen LogP contribution in [0.2, 0.25) is 19.6 Å². The van der Waals surface area contributed by atoms with Gasteiger partial charge in [0.2, 0.25) is 0 Å². The van der Waals surface area contributed by atoms with Crippen molar-refractivity contribution in [3.63, 3.8) is 0 Å². The minimum atomic E-state index is -1.55. The van der Waals surface area contributed by atoms with Gasteiger partial charge in [0.25, 0.3) is 0 Å². The van der Waals surface area contributed by atoms with E-state index >= 15 is 0 Å². The van der Waals surface area contributed by atoms with E-state index in [0.717, 1.165) is 5.33 Å². The zero-order valence-electron chi connectivity index (χ0n) is 11.5. The first kappa shape index (κ1) is 14.8. The highest BCUT2D eigenvalue weighted by molar-refractivity contribution is 7.05. The standard InChI is InChI=1S/C12H27NOSi/c1-9(2)12(14,10(3)4)11(13-5)15(6,7)8/h9-10,14H,1-8H3. The summed E-state index contributed by atoms with van der Waals surface area (Å²) in [6.07, 6.45) is 0. The largest absolute Gasteiger partial charge is 0.384 e. The van der Waals surface area contributed by atoms with Gasteiger partial charge in [0.15, 0.2) is 0 Å². The molecule has 0 rings (SSSR count). The Morgan fingerprint density at radius 3 is 1.47 bits per heavy atom. The number of hydrogen-bond acceptors (Lipinski definition) is 2. The predicted molar refractivity (Wildman–Crippen MR) is 71.3 cm³/mol. The van der Waals surface area contributed by atoms with Crippen LogP contribution in [0.1, 0.15) is 27.7 Å². The van der Waals surface area contributed by atoms with Crippen molar-refractivity contribution in [1.29, 1.82) is 0 Å². The molecule has 0 radical (unpaired) electrons. The fourth-order valence-electron chi connectivity index (χ4n) is 2.33. The summed E-state index contributed by atoms with van der Waals surface area (Å²) in [5.74, 6) is 0.422. The number of aliphatic hydroxyl groups is 1. The number of rotatable bonds is 4. The summed E-state index contributed by atoms with van der Waals surface area (Å²) in [5, 5.41) is 11.9. The molecule has 0 amide bonds. The van der Waals surface area contributed by atoms with Crippen LogP contribution in [0.5, 0.6) is 0 Å². The quantitative estimate of drug-likeness (QED) is 0.583. The van der Waals surface area contributed by atoms with E-state index < -0.39 is 13.7 Å². The molecular formula is C12H27NOSi. The molecule has 1 N–H and O–H groups in total. The van der Waals surface area contributed by atoms with Crippen LogP contribution in [0.3, 0.4) is 0 Å². The first-order chi connectivity index (χ1) is 6.58. The molecule has 0 aliphatic rings. The van der Waals surface area contributed by atoms with Crippen LogP contribution >= 0.6 is 0 Å². The van der Waals surface area contributed by atoms with Crippen LogP contribution in [0.4, 0.5) is 0 Å². The maximum atomic E-state index is 10.9. The van der Waals surface area contributed by atoms with E-state index in [-0.39, 0.29) is 11.8 Å². The van der Waals surface area contributed by atoms with E-state index in [0.29, 0.717) is 0 Å². The van der Waals surface area contributed by atoms with Gasteiger partial charge in [0.05, 0.1) is 8.07 Å². The number of nitrogens with zero attached hydrogens (tertiary/aromatic N) is 1. The van der Waals surface area contributed by atoms with Gasteiger partial charge in [-0.05, 0) is 11.8 Å². The summed E-state index contributed by atoms with van der Waals surface area (Å²) in [6.45, 7) is 15.0. The van der Waals surface area contributed by atoms with Gasteiger partial charge in [0.1, 0.15) is 5.60 Å². The van der Waals surface area contributed by atoms with Crippen LogP contribution in [-0.2, 0) is 0 Å². The second-order valence-corrected chi connectivity index (χ2v) is 10.9. The minimum absolute atomic E-state index is 0.211. The second kappa shape index (κ2) is 4.79. The van der Waals surface area contributed by atoms with Crippen molar-refractivity contribution >= 4 is 13.4 Å². The van der Waals surface area contributed by atoms with Crippen molar-refractivity contribution in [2.24, 2.45) is 16.8 Å². The molecule has 0 unspecified atom stereocenters. The molecule has 0 spiro atoms. The minimum Gasteiger partial charge on any atom is -0.384 e. The first-order valence-electron chi connectivity index (χ1n) is 5.78. The molecule has 0 saturated carbocycles. The van der Waals surface area contributed by atoms with E-state index in [4.69, 9.17) is 0 Å². The summed E-state index contributed by atoms with van der Waals surface area (Å²) < 4.78 is 0. The Hall–Kier alpha value is -0.153. The Morgan fingerprint density at radius 2 is 1.40 bits per heavy atom. The van der Waals surface area contributed by atoms with Gasteiger partial charge in [-0.15, -0.1) is 0 Å². The fraction of sp³-hybridized carbons (Fsp3) is 0.917. The summed E-state index contributed by atoms with van der Waals surface area (Å²) in [6, 6.07) is 0. The van der Waals surface area contributed by atoms with Gasteiger partial charge in [0, 0.05) is 12.4 Å². The average molecular weight is 229 g/mol. The average Bonchev–Trinajstić information content (AvgIpc) is 2.01. The van der Waals surface area contributed by atoms with Crippen LogP contribution in [-0.4, -0.2) is 31.2 Å². The Labute approximate surface area is 95.8 Å². The van der Waals surface area contributed by atoms with Crippen molar-refractivity contribution in [2.75, 3.05) is 7.05 Å². The molecule has 0 aromatic rings. The van der Waals surface area contributed by atoms with E-state index in [1.165, 1.54) is 0 Å². The number of aliphatic imine (C=N–C) groups is 1. The van der Waals surface area contributed by atoms with E-state index in [1.807, 2.05) is 7.05 Å². The molecule has 0 bridgehead atoms. The lowest BCUT2D eigenvalue weighted by Crippen LogP contribution is -2.57. The van der Waals surface area contributed by atoms with Crippen LogP contribution in [0, 0.1) is 11.8 Å². The molecule has 0 fully saturated rings. The van der Waals surface area contributed by atoms with Gasteiger partial charge in [-0.2, -0.15) is 0 Å². The van der Waals surface area contributed by atoms with Crippen molar-refractivity contribution in [3.05, 3.63) is 0 Å². The van der Waals surface area contributed by atoms with E-state index in [9.17, 15) is 5.11 Å². The Kier molecular flexibility index (Phi) is 4.74. The summed E-state index contributed by atoms with van der Waals surface area (Å²) in [7, 11) is 0.261. The highest BCUT2D eigenvalue weighted by Gasteiger charge is 2.44. The SMILES string of the molecule is CN=C(C(O)(C(C)C)C(C)C)[Si](C)(C)C. The van der Waals surface area contributed by atoms with Crippen molar-refractivity contribution in [2.45, 2.75) is 52.9 Å². The monoisotopic (exact) mass is 229 g/mol. The van der Waals surface area contributed by atoms with Gasteiger partial charge >= 0.3 is 0 Å². The molecule has 0 heterocycles. The third-order valence-corrected chi connectivity index (χ3v) is 5.12. The van der Waals surface area contributed by atoms with Gasteiger partial charge in [-0.3, -0.25) is 4.99 Å². The lowest BCUT2D eigenvalue weighted by atomic mass is 9.81. The van der Waals surface area contributed by atoms with E-state index in [2.05, 4.69) is 52.3 Å². The molecule has 0 saturated heterocycles. The Bertz CT molecular complexity index is 230. The maximum absolute atomic E-state index is 10.9. The molecule has 0 aromatic carbocycles. The Balaban J connectivity index is 5.45. The first-order valence-corrected chi connectivity index (χ1v) is 9.28. The Morgan fingerprint density at radius 1 is 1.07 bits per heavy atom. The van der Waals surface area contributed by atoms with Crippen LogP contribution < -0.4 is 0 Å². The van der Waals surface area contributed by atoms with Crippen molar-refractivity contribution in [1.82, 2.24) is 0 Å². The summed E-state index contributed by atoms with van der Waals surface area (Å²) >= 11 is 0. The topological polar surface area (TPSA) is 32.6 Å². The lowest BCUT2D eigenvalue weighted by Gasteiger charge is -2.42. The molecule has 0 aliphatic carbocycles. The van der Waals surface area contributed by atoms with E-state index in [1.54, 1.807) is 0 Å². The normalized spacial score (nSPS) is 15.3. The molecule has 90 valence electrons. The summed E-state index contributed by atoms with van der Waals surface area (Å²) in [5.41, 5.74) is -0.737. The molecular weight excluding hydrogens is 202 g/mol. The zero-order chi connectivity index (χ0) is 12.4. The molecule has 0 aromatic heterocycles. The van der Waals surface area contributed by atoms with Gasteiger partial charge < -0.3 is 5.11 Å². The summed E-state index contributed by atoms with van der Waals surface area (Å²) in [4.78, 5) is 4.40. The predicted octanol–water partition coefficient (Wildman–Crippen LogP) is 2.98. The molecule has 0 atom stereocenters. The smallest absolute Gasteiger partial charge is 0.103 e. The van der Waals surface area contributed by atoms with Crippen molar-refractivity contribution < 1.29 is 5.11 Å². The van der Waals surface area contributed by atoms with Gasteiger partial charge in [-0.1, -0.05) is 47.3 Å². The lowest BCUT2D eigenvalue weighted by molar-refractivity contribution is 0.0215. The molecule has 3 heteroatoms. The third-order valence-electron chi connectivity index (χ3n) is 3.07. The third kappa shape index (κ3) is 2.91. The molecule has 2 nitrogen and oxygen atoms in total. The second-order valence-electron chi connectivity index (χ2n) is 5.96. The molecule has 15 heavy (non-hydrogen) atoms. The fourth-order valence-corrected chi connectivity index (χ4v) is 4.78.